The highest BCUT2D eigenvalue weighted by molar-refractivity contribution is 5.93. The number of primary amides is 1. The Hall–Kier alpha value is -4.00. The Morgan fingerprint density at radius 1 is 0.889 bits per heavy atom. The summed E-state index contributed by atoms with van der Waals surface area (Å²) in [6, 6.07) is 18.0. The molecule has 1 amide bonds. The standard InChI is InChI=1S/C20H17N3O4/c21-17-9-4-13(20(25)26)11-18(17)23-14-5-7-15(8-6-14)27-16-3-1-2-12(10-16)19(22)24/h1-11,23H,21H2,(H2,22,24)(H,25,26). The Balaban J connectivity index is 1.74. The molecule has 136 valence electrons. The molecule has 0 aliphatic rings. The summed E-state index contributed by atoms with van der Waals surface area (Å²) in [4.78, 5) is 22.3. The highest BCUT2D eigenvalue weighted by Crippen LogP contribution is 2.27. The smallest absolute Gasteiger partial charge is 0.335 e. The quantitative estimate of drug-likeness (QED) is 0.495. The molecule has 6 N–H and O–H groups in total. The number of hydrogen-bond donors (Lipinski definition) is 4. The summed E-state index contributed by atoms with van der Waals surface area (Å²) in [5.41, 5.74) is 13.3. The van der Waals surface area contributed by atoms with Crippen LogP contribution in [0.1, 0.15) is 20.7 Å². The monoisotopic (exact) mass is 363 g/mol. The van der Waals surface area contributed by atoms with Crippen molar-refractivity contribution >= 4 is 28.9 Å². The Kier molecular flexibility index (Phi) is 4.94. The fourth-order valence-electron chi connectivity index (χ4n) is 2.41. The molecule has 0 aliphatic heterocycles. The second kappa shape index (κ2) is 7.49. The van der Waals surface area contributed by atoms with E-state index in [9.17, 15) is 9.59 Å². The van der Waals surface area contributed by atoms with E-state index in [2.05, 4.69) is 5.32 Å². The minimum absolute atomic E-state index is 0.140. The second-order valence-corrected chi connectivity index (χ2v) is 5.75. The number of carboxylic acids is 1. The molecular formula is C20H17N3O4. The minimum atomic E-state index is -1.03. The van der Waals surface area contributed by atoms with Gasteiger partial charge in [-0.25, -0.2) is 4.79 Å². The molecule has 0 aliphatic carbocycles. The van der Waals surface area contributed by atoms with Crippen LogP contribution >= 0.6 is 0 Å². The highest BCUT2D eigenvalue weighted by Gasteiger charge is 2.08. The number of anilines is 3. The molecule has 0 spiro atoms. The average molecular weight is 363 g/mol. The average Bonchev–Trinajstić information content (AvgIpc) is 2.65. The first-order valence-electron chi connectivity index (χ1n) is 8.00. The predicted molar refractivity (Wildman–Crippen MR) is 103 cm³/mol. The Bertz CT molecular complexity index is 1000. The summed E-state index contributed by atoms with van der Waals surface area (Å²) in [7, 11) is 0. The third kappa shape index (κ3) is 4.35. The third-order valence-corrected chi connectivity index (χ3v) is 3.79. The molecule has 0 unspecified atom stereocenters. The third-order valence-electron chi connectivity index (χ3n) is 3.79. The van der Waals surface area contributed by atoms with Gasteiger partial charge in [-0.15, -0.1) is 0 Å². The number of aromatic carboxylic acids is 1. The number of carboxylic acid groups (broad SMARTS) is 1. The van der Waals surface area contributed by atoms with E-state index in [1.165, 1.54) is 18.2 Å². The molecule has 0 saturated carbocycles. The van der Waals surface area contributed by atoms with Gasteiger partial charge in [0.2, 0.25) is 5.91 Å². The topological polar surface area (TPSA) is 128 Å². The Morgan fingerprint density at radius 3 is 2.30 bits per heavy atom. The van der Waals surface area contributed by atoms with Gasteiger partial charge in [-0.1, -0.05) is 6.07 Å². The van der Waals surface area contributed by atoms with Crippen molar-refractivity contribution in [1.82, 2.24) is 0 Å². The number of nitrogen functional groups attached to an aromatic ring is 1. The molecule has 0 radical (unpaired) electrons. The van der Waals surface area contributed by atoms with Crippen molar-refractivity contribution in [3.05, 3.63) is 77.9 Å². The number of carbonyl (C=O) groups excluding carboxylic acids is 1. The fraction of sp³-hybridized carbons (Fsp3) is 0. The molecule has 3 aromatic carbocycles. The summed E-state index contributed by atoms with van der Waals surface area (Å²) < 4.78 is 5.71. The van der Waals surface area contributed by atoms with Crippen molar-refractivity contribution in [3.63, 3.8) is 0 Å². The second-order valence-electron chi connectivity index (χ2n) is 5.75. The number of nitrogens with one attached hydrogen (secondary N) is 1. The molecule has 0 saturated heterocycles. The Labute approximate surface area is 155 Å². The van der Waals surface area contributed by atoms with Gasteiger partial charge in [-0.2, -0.15) is 0 Å². The zero-order chi connectivity index (χ0) is 19.4. The van der Waals surface area contributed by atoms with Gasteiger partial charge in [-0.3, -0.25) is 4.79 Å². The first-order valence-corrected chi connectivity index (χ1v) is 8.00. The number of rotatable bonds is 6. The molecule has 3 rings (SSSR count). The van der Waals surface area contributed by atoms with Crippen molar-refractivity contribution in [2.45, 2.75) is 0 Å². The molecule has 0 heterocycles. The molecule has 3 aromatic rings. The number of nitrogens with two attached hydrogens (primary N) is 2. The molecule has 0 aromatic heterocycles. The van der Waals surface area contributed by atoms with Crippen LogP contribution in [-0.4, -0.2) is 17.0 Å². The SMILES string of the molecule is NC(=O)c1cccc(Oc2ccc(Nc3cc(C(=O)O)ccc3N)cc2)c1. The molecular weight excluding hydrogens is 346 g/mol. The summed E-state index contributed by atoms with van der Waals surface area (Å²) >= 11 is 0. The van der Waals surface area contributed by atoms with E-state index in [4.69, 9.17) is 21.3 Å². The van der Waals surface area contributed by atoms with E-state index in [0.29, 0.717) is 34.1 Å². The van der Waals surface area contributed by atoms with E-state index in [1.807, 2.05) is 0 Å². The molecule has 7 heteroatoms. The maximum Gasteiger partial charge on any atom is 0.335 e. The fourth-order valence-corrected chi connectivity index (χ4v) is 2.41. The van der Waals surface area contributed by atoms with Gasteiger partial charge in [0.15, 0.2) is 0 Å². The van der Waals surface area contributed by atoms with Gasteiger partial charge in [0.05, 0.1) is 16.9 Å². The first kappa shape index (κ1) is 17.8. The lowest BCUT2D eigenvalue weighted by molar-refractivity contribution is 0.0696. The minimum Gasteiger partial charge on any atom is -0.478 e. The maximum absolute atomic E-state index is 11.2. The normalized spacial score (nSPS) is 10.2. The lowest BCUT2D eigenvalue weighted by Crippen LogP contribution is -2.10. The molecule has 0 atom stereocenters. The van der Waals surface area contributed by atoms with Gasteiger partial charge in [0, 0.05) is 11.3 Å². The van der Waals surface area contributed by atoms with Crippen LogP contribution < -0.4 is 21.5 Å². The van der Waals surface area contributed by atoms with Crippen molar-refractivity contribution in [2.75, 3.05) is 11.1 Å². The summed E-state index contributed by atoms with van der Waals surface area (Å²) in [5, 5.41) is 12.2. The number of hydrogen-bond acceptors (Lipinski definition) is 5. The molecule has 0 fully saturated rings. The zero-order valence-electron chi connectivity index (χ0n) is 14.2. The first-order chi connectivity index (χ1) is 12.9. The lowest BCUT2D eigenvalue weighted by atomic mass is 10.1. The van der Waals surface area contributed by atoms with Crippen molar-refractivity contribution in [1.29, 1.82) is 0 Å². The van der Waals surface area contributed by atoms with Crippen LogP contribution in [-0.2, 0) is 0 Å². The van der Waals surface area contributed by atoms with Gasteiger partial charge in [0.25, 0.3) is 0 Å². The number of carbonyl (C=O) groups is 2. The van der Waals surface area contributed by atoms with E-state index in [0.717, 1.165) is 0 Å². The van der Waals surface area contributed by atoms with Crippen LogP contribution in [0.5, 0.6) is 11.5 Å². The summed E-state index contributed by atoms with van der Waals surface area (Å²) in [6.07, 6.45) is 0. The van der Waals surface area contributed by atoms with Crippen molar-refractivity contribution < 1.29 is 19.4 Å². The summed E-state index contributed by atoms with van der Waals surface area (Å²) in [5.74, 6) is -0.499. The summed E-state index contributed by atoms with van der Waals surface area (Å²) in [6.45, 7) is 0. The number of amides is 1. The number of ether oxygens (including phenoxy) is 1. The van der Waals surface area contributed by atoms with Gasteiger partial charge >= 0.3 is 5.97 Å². The highest BCUT2D eigenvalue weighted by atomic mass is 16.5. The van der Waals surface area contributed by atoms with Crippen molar-refractivity contribution in [3.8, 4) is 11.5 Å². The lowest BCUT2D eigenvalue weighted by Gasteiger charge is -2.11. The predicted octanol–water partition coefficient (Wildman–Crippen LogP) is 3.60. The number of benzene rings is 3. The van der Waals surface area contributed by atoms with E-state index in [-0.39, 0.29) is 5.56 Å². The van der Waals surface area contributed by atoms with Gasteiger partial charge in [0.1, 0.15) is 11.5 Å². The molecule has 7 nitrogen and oxygen atoms in total. The van der Waals surface area contributed by atoms with Gasteiger partial charge in [-0.05, 0) is 60.7 Å². The van der Waals surface area contributed by atoms with Gasteiger partial charge < -0.3 is 26.6 Å². The zero-order valence-corrected chi connectivity index (χ0v) is 14.2. The maximum atomic E-state index is 11.2. The van der Waals surface area contributed by atoms with Crippen LogP contribution in [0.25, 0.3) is 0 Å². The van der Waals surface area contributed by atoms with Crippen LogP contribution in [0.15, 0.2) is 66.7 Å². The van der Waals surface area contributed by atoms with E-state index >= 15 is 0 Å². The largest absolute Gasteiger partial charge is 0.478 e. The van der Waals surface area contributed by atoms with E-state index < -0.39 is 11.9 Å². The van der Waals surface area contributed by atoms with Crippen molar-refractivity contribution in [2.24, 2.45) is 5.73 Å². The molecule has 0 bridgehead atoms. The Morgan fingerprint density at radius 2 is 1.63 bits per heavy atom. The van der Waals surface area contributed by atoms with Crippen LogP contribution in [0.2, 0.25) is 0 Å². The van der Waals surface area contributed by atoms with E-state index in [1.54, 1.807) is 48.5 Å². The van der Waals surface area contributed by atoms with Crippen LogP contribution in [0.4, 0.5) is 17.1 Å². The van der Waals surface area contributed by atoms with Crippen LogP contribution in [0.3, 0.4) is 0 Å². The molecule has 27 heavy (non-hydrogen) atoms. The van der Waals surface area contributed by atoms with Crippen LogP contribution in [0, 0.1) is 0 Å².